The van der Waals surface area contributed by atoms with Gasteiger partial charge in [0, 0.05) is 17.5 Å². The summed E-state index contributed by atoms with van der Waals surface area (Å²) in [5.74, 6) is -0.738. The first-order chi connectivity index (χ1) is 16.2. The summed E-state index contributed by atoms with van der Waals surface area (Å²) in [6, 6.07) is 31.1. The average Bonchev–Trinajstić information content (AvgIpc) is 3.24. The molecule has 0 aliphatic rings. The molecule has 0 saturated carbocycles. The van der Waals surface area contributed by atoms with Crippen molar-refractivity contribution >= 4 is 35.5 Å². The van der Waals surface area contributed by atoms with E-state index in [1.165, 1.54) is 0 Å². The average molecular weight is 465 g/mol. The van der Waals surface area contributed by atoms with Gasteiger partial charge in [-0.3, -0.25) is 9.36 Å². The van der Waals surface area contributed by atoms with Crippen molar-refractivity contribution in [2.75, 3.05) is 6.61 Å². The molecule has 5 nitrogen and oxygen atoms in total. The Balaban J connectivity index is 0.00000324. The topological polar surface area (TPSA) is 64.3 Å². The van der Waals surface area contributed by atoms with E-state index in [0.29, 0.717) is 19.0 Å². The fraction of sp³-hybridized carbons (Fsp3) is 0.214. The third-order valence-corrected chi connectivity index (χ3v) is 5.47. The van der Waals surface area contributed by atoms with Gasteiger partial charge in [-0.1, -0.05) is 91.7 Å². The van der Waals surface area contributed by atoms with Gasteiger partial charge in [-0.15, -0.1) is 0 Å². The summed E-state index contributed by atoms with van der Waals surface area (Å²) in [4.78, 5) is 15.6. The molecular formula is C28H29N2NaO3. The Morgan fingerprint density at radius 1 is 0.765 bits per heavy atom. The summed E-state index contributed by atoms with van der Waals surface area (Å²) < 4.78 is 8.30. The second-order valence-corrected chi connectivity index (χ2v) is 7.90. The van der Waals surface area contributed by atoms with Crippen molar-refractivity contribution in [1.82, 2.24) is 9.55 Å². The van der Waals surface area contributed by atoms with E-state index < -0.39 is 5.97 Å². The molecule has 0 aliphatic heterocycles. The predicted octanol–water partition coefficient (Wildman–Crippen LogP) is 5.97. The van der Waals surface area contributed by atoms with Crippen LogP contribution in [-0.4, -0.2) is 56.8 Å². The number of nitrogens with zero attached hydrogens (tertiary/aromatic N) is 2. The molecule has 1 N–H and O–H groups in total. The maximum atomic E-state index is 10.7. The SMILES string of the molecule is O=C(O)CCCCCCOc1nc(-c2ccccc2)c(-c2ccccc2)n1-c1ccccc1.[NaH]. The Labute approximate surface area is 222 Å². The van der Waals surface area contributed by atoms with Gasteiger partial charge in [0.1, 0.15) is 5.69 Å². The summed E-state index contributed by atoms with van der Waals surface area (Å²) in [6.07, 6.45) is 3.58. The minimum absolute atomic E-state index is 0. The monoisotopic (exact) mass is 464 g/mol. The summed E-state index contributed by atoms with van der Waals surface area (Å²) in [5, 5.41) is 8.78. The molecule has 34 heavy (non-hydrogen) atoms. The number of carboxylic acid groups (broad SMARTS) is 1. The van der Waals surface area contributed by atoms with Crippen molar-refractivity contribution in [3.05, 3.63) is 91.0 Å². The van der Waals surface area contributed by atoms with Crippen molar-refractivity contribution in [2.24, 2.45) is 0 Å². The fourth-order valence-corrected chi connectivity index (χ4v) is 3.87. The Bertz CT molecular complexity index is 1160. The Hall–Kier alpha value is -2.86. The number of imidazole rings is 1. The first-order valence-corrected chi connectivity index (χ1v) is 11.4. The normalized spacial score (nSPS) is 10.5. The molecule has 1 heterocycles. The van der Waals surface area contributed by atoms with Crippen molar-refractivity contribution in [3.8, 4) is 34.2 Å². The summed E-state index contributed by atoms with van der Waals surface area (Å²) >= 11 is 0. The fourth-order valence-electron chi connectivity index (χ4n) is 3.87. The van der Waals surface area contributed by atoms with Crippen LogP contribution >= 0.6 is 0 Å². The molecule has 0 bridgehead atoms. The van der Waals surface area contributed by atoms with E-state index in [2.05, 4.69) is 41.0 Å². The molecule has 6 heteroatoms. The zero-order valence-electron chi connectivity index (χ0n) is 18.6. The number of aliphatic carboxylic acids is 1. The van der Waals surface area contributed by atoms with Crippen LogP contribution in [0.15, 0.2) is 91.0 Å². The standard InChI is InChI=1S/C28H28N2O3.Na.H/c31-25(32)20-12-1-2-13-21-33-28-29-26(22-14-6-3-7-15-22)27(23-16-8-4-9-17-23)30(28)24-18-10-5-11-19-24;;/h3-11,14-19H,1-2,12-13,20-21H2,(H,31,32);;. The number of aromatic nitrogens is 2. The molecule has 3 aromatic carbocycles. The molecule has 0 fully saturated rings. The van der Waals surface area contributed by atoms with Gasteiger partial charge >= 0.3 is 41.5 Å². The van der Waals surface area contributed by atoms with Crippen molar-refractivity contribution in [3.63, 3.8) is 0 Å². The van der Waals surface area contributed by atoms with E-state index in [-0.39, 0.29) is 36.0 Å². The van der Waals surface area contributed by atoms with E-state index in [1.54, 1.807) is 0 Å². The van der Waals surface area contributed by atoms with Crippen LogP contribution < -0.4 is 4.74 Å². The third kappa shape index (κ3) is 6.60. The third-order valence-electron chi connectivity index (χ3n) is 5.47. The van der Waals surface area contributed by atoms with Gasteiger partial charge in [0.25, 0.3) is 0 Å². The van der Waals surface area contributed by atoms with Crippen LogP contribution in [-0.2, 0) is 4.79 Å². The number of ether oxygens (including phenoxy) is 1. The van der Waals surface area contributed by atoms with E-state index in [1.807, 2.05) is 54.6 Å². The first kappa shape index (κ1) is 25.8. The molecule has 1 aromatic heterocycles. The Morgan fingerprint density at radius 2 is 1.32 bits per heavy atom. The van der Waals surface area contributed by atoms with Gasteiger partial charge in [0.2, 0.25) is 0 Å². The number of hydrogen-bond donors (Lipinski definition) is 1. The quantitative estimate of drug-likeness (QED) is 0.219. The molecule has 0 unspecified atom stereocenters. The number of unbranched alkanes of at least 4 members (excludes halogenated alkanes) is 3. The van der Waals surface area contributed by atoms with Gasteiger partial charge in [-0.05, 0) is 25.0 Å². The molecule has 170 valence electrons. The van der Waals surface area contributed by atoms with Crippen molar-refractivity contribution in [2.45, 2.75) is 32.1 Å². The summed E-state index contributed by atoms with van der Waals surface area (Å²) in [7, 11) is 0. The Morgan fingerprint density at radius 3 is 1.94 bits per heavy atom. The first-order valence-electron chi connectivity index (χ1n) is 11.4. The summed E-state index contributed by atoms with van der Waals surface area (Å²) in [5.41, 5.74) is 4.95. The number of hydrogen-bond acceptors (Lipinski definition) is 3. The van der Waals surface area contributed by atoms with Crippen molar-refractivity contribution < 1.29 is 14.6 Å². The molecule has 0 saturated heterocycles. The van der Waals surface area contributed by atoms with Crippen LogP contribution in [0.25, 0.3) is 28.2 Å². The van der Waals surface area contributed by atoms with Crippen LogP contribution in [0.4, 0.5) is 0 Å². The number of rotatable bonds is 11. The van der Waals surface area contributed by atoms with E-state index in [4.69, 9.17) is 14.8 Å². The maximum absolute atomic E-state index is 10.7. The molecule has 0 spiro atoms. The van der Waals surface area contributed by atoms with Gasteiger partial charge in [-0.2, -0.15) is 4.98 Å². The predicted molar refractivity (Wildman–Crippen MR) is 138 cm³/mol. The molecular weight excluding hydrogens is 435 g/mol. The van der Waals surface area contributed by atoms with E-state index >= 15 is 0 Å². The number of carbonyl (C=O) groups is 1. The van der Waals surface area contributed by atoms with Gasteiger partial charge < -0.3 is 9.84 Å². The van der Waals surface area contributed by atoms with Crippen LogP contribution in [0.2, 0.25) is 0 Å². The molecule has 0 amide bonds. The zero-order chi connectivity index (χ0) is 22.9. The van der Waals surface area contributed by atoms with E-state index in [9.17, 15) is 4.79 Å². The van der Waals surface area contributed by atoms with Crippen LogP contribution in [0.5, 0.6) is 6.01 Å². The van der Waals surface area contributed by atoms with Gasteiger partial charge in [0.05, 0.1) is 18.0 Å². The molecule has 0 radical (unpaired) electrons. The van der Waals surface area contributed by atoms with Crippen LogP contribution in [0.3, 0.4) is 0 Å². The van der Waals surface area contributed by atoms with Gasteiger partial charge in [0.15, 0.2) is 0 Å². The second kappa shape index (κ2) is 13.1. The summed E-state index contributed by atoms with van der Waals surface area (Å²) in [6.45, 7) is 0.527. The van der Waals surface area contributed by atoms with Crippen molar-refractivity contribution in [1.29, 1.82) is 0 Å². The molecule has 4 rings (SSSR count). The minimum atomic E-state index is -0.738. The van der Waals surface area contributed by atoms with Crippen LogP contribution in [0.1, 0.15) is 32.1 Å². The van der Waals surface area contributed by atoms with Gasteiger partial charge in [-0.25, -0.2) is 0 Å². The Kier molecular flexibility index (Phi) is 9.95. The second-order valence-electron chi connectivity index (χ2n) is 7.90. The number of benzene rings is 3. The van der Waals surface area contributed by atoms with Crippen LogP contribution in [0, 0.1) is 0 Å². The number of carboxylic acids is 1. The molecule has 4 aromatic rings. The molecule has 0 atom stereocenters. The van der Waals surface area contributed by atoms with E-state index in [0.717, 1.165) is 47.5 Å². The molecule has 0 aliphatic carbocycles. The number of para-hydroxylation sites is 1. The zero-order valence-corrected chi connectivity index (χ0v) is 18.6.